The molecule has 30 heavy (non-hydrogen) atoms. The molecule has 1 aliphatic heterocycles. The van der Waals surface area contributed by atoms with Crippen molar-refractivity contribution in [2.75, 3.05) is 40.0 Å². The van der Waals surface area contributed by atoms with E-state index >= 15 is 0 Å². The van der Waals surface area contributed by atoms with Gasteiger partial charge in [0.05, 0.1) is 19.4 Å². The van der Waals surface area contributed by atoms with Crippen LogP contribution in [-0.4, -0.2) is 49.8 Å². The van der Waals surface area contributed by atoms with Gasteiger partial charge in [0.1, 0.15) is 29.4 Å². The highest BCUT2D eigenvalue weighted by Gasteiger charge is 2.14. The molecule has 0 bridgehead atoms. The first kappa shape index (κ1) is 20.5. The molecule has 0 unspecified atom stereocenters. The lowest BCUT2D eigenvalue weighted by atomic mass is 10.1. The molecule has 0 atom stereocenters. The number of para-hydroxylation sites is 1. The molecule has 4 rings (SSSR count). The van der Waals surface area contributed by atoms with Crippen molar-refractivity contribution in [2.45, 2.75) is 26.2 Å². The molecule has 158 valence electrons. The molecule has 0 N–H and O–H groups in total. The first-order valence-corrected chi connectivity index (χ1v) is 10.8. The molecular formula is C25H30N2O3. The summed E-state index contributed by atoms with van der Waals surface area (Å²) < 4.78 is 17.5. The number of nitrogens with zero attached hydrogens (tertiary/aromatic N) is 2. The Morgan fingerprint density at radius 2 is 1.73 bits per heavy atom. The molecule has 1 aliphatic rings. The van der Waals surface area contributed by atoms with Crippen LogP contribution in [0.1, 0.15) is 26.2 Å². The van der Waals surface area contributed by atoms with E-state index in [9.17, 15) is 0 Å². The summed E-state index contributed by atoms with van der Waals surface area (Å²) in [6.07, 6.45) is 3.57. The Bertz CT molecular complexity index is 966. The Hall–Kier alpha value is -2.79. The van der Waals surface area contributed by atoms with Gasteiger partial charge in [0.2, 0.25) is 0 Å². The van der Waals surface area contributed by atoms with E-state index in [1.807, 2.05) is 48.5 Å². The van der Waals surface area contributed by atoms with Gasteiger partial charge in [-0.1, -0.05) is 13.0 Å². The molecule has 1 aromatic heterocycles. The van der Waals surface area contributed by atoms with E-state index in [1.165, 1.54) is 25.9 Å². The second-order valence-corrected chi connectivity index (χ2v) is 7.63. The monoisotopic (exact) mass is 406 g/mol. The van der Waals surface area contributed by atoms with Gasteiger partial charge in [-0.05, 0) is 68.8 Å². The number of hydrogen-bond donors (Lipinski definition) is 0. The van der Waals surface area contributed by atoms with Crippen molar-refractivity contribution in [1.29, 1.82) is 0 Å². The maximum atomic E-state index is 6.26. The van der Waals surface area contributed by atoms with Crippen LogP contribution in [0.4, 0.5) is 0 Å². The van der Waals surface area contributed by atoms with E-state index in [0.717, 1.165) is 59.0 Å². The fourth-order valence-electron chi connectivity index (χ4n) is 3.86. The number of benzene rings is 2. The zero-order valence-electron chi connectivity index (χ0n) is 17.9. The van der Waals surface area contributed by atoms with Crippen LogP contribution in [0.25, 0.3) is 22.2 Å². The molecule has 0 radical (unpaired) electrons. The molecule has 0 saturated carbocycles. The normalized spacial score (nSPS) is 14.2. The van der Waals surface area contributed by atoms with E-state index < -0.39 is 0 Å². The van der Waals surface area contributed by atoms with Crippen molar-refractivity contribution in [3.05, 3.63) is 48.5 Å². The van der Waals surface area contributed by atoms with E-state index in [-0.39, 0.29) is 0 Å². The minimum atomic E-state index is 0.666. The molecule has 5 nitrogen and oxygen atoms in total. The SMILES string of the molecule is CCCOc1ccc(-c2cc(OCCN3CCCC3)c3cccc(OC)c3n2)cc1. The minimum absolute atomic E-state index is 0.666. The van der Waals surface area contributed by atoms with Gasteiger partial charge < -0.3 is 14.2 Å². The highest BCUT2D eigenvalue weighted by Crippen LogP contribution is 2.35. The molecule has 0 amide bonds. The third kappa shape index (κ3) is 4.68. The second-order valence-electron chi connectivity index (χ2n) is 7.63. The molecule has 1 saturated heterocycles. The molecule has 2 aromatic carbocycles. The van der Waals surface area contributed by atoms with Gasteiger partial charge in [0.15, 0.2) is 0 Å². The fraction of sp³-hybridized carbons (Fsp3) is 0.400. The number of ether oxygens (including phenoxy) is 3. The van der Waals surface area contributed by atoms with Crippen molar-refractivity contribution in [2.24, 2.45) is 0 Å². The smallest absolute Gasteiger partial charge is 0.145 e. The van der Waals surface area contributed by atoms with E-state index in [0.29, 0.717) is 6.61 Å². The van der Waals surface area contributed by atoms with Gasteiger partial charge in [0, 0.05) is 23.6 Å². The van der Waals surface area contributed by atoms with E-state index in [2.05, 4.69) is 11.8 Å². The number of rotatable bonds is 9. The highest BCUT2D eigenvalue weighted by atomic mass is 16.5. The number of aromatic nitrogens is 1. The largest absolute Gasteiger partial charge is 0.494 e. The maximum absolute atomic E-state index is 6.26. The van der Waals surface area contributed by atoms with Crippen LogP contribution in [0, 0.1) is 0 Å². The molecular weight excluding hydrogens is 376 g/mol. The third-order valence-corrected chi connectivity index (χ3v) is 5.47. The lowest BCUT2D eigenvalue weighted by Gasteiger charge is -2.17. The van der Waals surface area contributed by atoms with Crippen molar-refractivity contribution in [1.82, 2.24) is 9.88 Å². The summed E-state index contributed by atoms with van der Waals surface area (Å²) in [7, 11) is 1.68. The number of methoxy groups -OCH3 is 1. The van der Waals surface area contributed by atoms with Crippen LogP contribution >= 0.6 is 0 Å². The highest BCUT2D eigenvalue weighted by molar-refractivity contribution is 5.92. The van der Waals surface area contributed by atoms with E-state index in [1.54, 1.807) is 7.11 Å². The van der Waals surface area contributed by atoms with E-state index in [4.69, 9.17) is 19.2 Å². The Balaban J connectivity index is 1.63. The lowest BCUT2D eigenvalue weighted by Crippen LogP contribution is -2.25. The second kappa shape index (κ2) is 9.81. The first-order chi connectivity index (χ1) is 14.8. The summed E-state index contributed by atoms with van der Waals surface area (Å²) in [4.78, 5) is 7.36. The number of likely N-dealkylation sites (tertiary alicyclic amines) is 1. The minimum Gasteiger partial charge on any atom is -0.494 e. The molecule has 3 aromatic rings. The predicted octanol–water partition coefficient (Wildman–Crippen LogP) is 5.17. The van der Waals surface area contributed by atoms with Gasteiger partial charge in [-0.15, -0.1) is 0 Å². The molecule has 0 spiro atoms. The number of hydrogen-bond acceptors (Lipinski definition) is 5. The summed E-state index contributed by atoms with van der Waals surface area (Å²) in [6.45, 7) is 6.79. The van der Waals surface area contributed by atoms with Crippen LogP contribution in [0.3, 0.4) is 0 Å². The molecule has 2 heterocycles. The third-order valence-electron chi connectivity index (χ3n) is 5.47. The summed E-state index contributed by atoms with van der Waals surface area (Å²) in [5.41, 5.74) is 2.71. The zero-order valence-corrected chi connectivity index (χ0v) is 17.9. The number of fused-ring (bicyclic) bond motifs is 1. The number of pyridine rings is 1. The Morgan fingerprint density at radius 1 is 0.933 bits per heavy atom. The lowest BCUT2D eigenvalue weighted by molar-refractivity contribution is 0.239. The average Bonchev–Trinajstić information content (AvgIpc) is 3.31. The molecule has 5 heteroatoms. The van der Waals surface area contributed by atoms with Crippen LogP contribution in [0.5, 0.6) is 17.2 Å². The Kier molecular flexibility index (Phi) is 6.70. The summed E-state index contributed by atoms with van der Waals surface area (Å²) in [6, 6.07) is 16.1. The van der Waals surface area contributed by atoms with Crippen LogP contribution < -0.4 is 14.2 Å². The van der Waals surface area contributed by atoms with Gasteiger partial charge in [-0.3, -0.25) is 4.90 Å². The predicted molar refractivity (Wildman–Crippen MR) is 121 cm³/mol. The fourth-order valence-corrected chi connectivity index (χ4v) is 3.86. The topological polar surface area (TPSA) is 43.8 Å². The molecule has 0 aliphatic carbocycles. The zero-order chi connectivity index (χ0) is 20.8. The van der Waals surface area contributed by atoms with Crippen LogP contribution in [-0.2, 0) is 0 Å². The Labute approximate surface area is 178 Å². The maximum Gasteiger partial charge on any atom is 0.145 e. The average molecular weight is 407 g/mol. The van der Waals surface area contributed by atoms with Crippen LogP contribution in [0.15, 0.2) is 48.5 Å². The van der Waals surface area contributed by atoms with Gasteiger partial charge in [-0.25, -0.2) is 4.98 Å². The first-order valence-electron chi connectivity index (χ1n) is 10.8. The van der Waals surface area contributed by atoms with Crippen molar-refractivity contribution < 1.29 is 14.2 Å². The van der Waals surface area contributed by atoms with Crippen molar-refractivity contribution in [3.63, 3.8) is 0 Å². The Morgan fingerprint density at radius 3 is 2.47 bits per heavy atom. The van der Waals surface area contributed by atoms with Crippen molar-refractivity contribution in [3.8, 4) is 28.5 Å². The standard InChI is InChI=1S/C25H30N2O3/c1-3-16-29-20-11-9-19(10-12-20)22-18-24(30-17-15-27-13-4-5-14-27)21-7-6-8-23(28-2)25(21)26-22/h6-12,18H,3-5,13-17H2,1-2H3. The summed E-state index contributed by atoms with van der Waals surface area (Å²) in [5, 5.41) is 0.974. The summed E-state index contributed by atoms with van der Waals surface area (Å²) >= 11 is 0. The van der Waals surface area contributed by atoms with Crippen LogP contribution in [0.2, 0.25) is 0 Å². The quantitative estimate of drug-likeness (QED) is 0.490. The molecule has 1 fully saturated rings. The van der Waals surface area contributed by atoms with Gasteiger partial charge in [0.25, 0.3) is 0 Å². The van der Waals surface area contributed by atoms with Gasteiger partial charge in [-0.2, -0.15) is 0 Å². The summed E-state index contributed by atoms with van der Waals surface area (Å²) in [5.74, 6) is 2.47. The van der Waals surface area contributed by atoms with Gasteiger partial charge >= 0.3 is 0 Å². The van der Waals surface area contributed by atoms with Crippen molar-refractivity contribution >= 4 is 10.9 Å².